The van der Waals surface area contributed by atoms with Crippen LogP contribution < -0.4 is 11.1 Å². The van der Waals surface area contributed by atoms with Crippen LogP contribution in [0.4, 0.5) is 5.82 Å². The molecule has 0 aliphatic rings. The van der Waals surface area contributed by atoms with Crippen molar-refractivity contribution < 1.29 is 4.79 Å². The second-order valence-corrected chi connectivity index (χ2v) is 4.68. The van der Waals surface area contributed by atoms with E-state index in [4.69, 9.17) is 5.73 Å². The van der Waals surface area contributed by atoms with E-state index in [9.17, 15) is 4.79 Å². The molecule has 0 fully saturated rings. The molecule has 1 amide bonds. The number of carbonyl (C=O) groups excluding carboxylic acids is 1. The maximum absolute atomic E-state index is 12.2. The molecule has 2 rings (SSSR count). The first kappa shape index (κ1) is 14.8. The fourth-order valence-electron chi connectivity index (χ4n) is 1.80. The van der Waals surface area contributed by atoms with E-state index >= 15 is 0 Å². The highest BCUT2D eigenvalue weighted by Gasteiger charge is 2.11. The van der Waals surface area contributed by atoms with Crippen LogP contribution in [-0.4, -0.2) is 27.2 Å². The Morgan fingerprint density at radius 3 is 3.00 bits per heavy atom. The number of pyridine rings is 1. The van der Waals surface area contributed by atoms with Crippen molar-refractivity contribution in [1.29, 1.82) is 0 Å². The number of amides is 1. The third kappa shape index (κ3) is 3.68. The van der Waals surface area contributed by atoms with Crippen molar-refractivity contribution >= 4 is 11.7 Å². The molecule has 108 valence electrons. The largest absolute Gasteiger partial charge is 0.320 e. The Kier molecular flexibility index (Phi) is 4.69. The van der Waals surface area contributed by atoms with Gasteiger partial charge in [-0.25, -0.2) is 4.68 Å². The summed E-state index contributed by atoms with van der Waals surface area (Å²) >= 11 is 0. The minimum absolute atomic E-state index is 0.162. The zero-order valence-corrected chi connectivity index (χ0v) is 12.0. The van der Waals surface area contributed by atoms with Gasteiger partial charge in [-0.1, -0.05) is 11.8 Å². The van der Waals surface area contributed by atoms with Crippen molar-refractivity contribution in [1.82, 2.24) is 14.8 Å². The van der Waals surface area contributed by atoms with Crippen LogP contribution in [-0.2, 0) is 0 Å². The fourth-order valence-corrected chi connectivity index (χ4v) is 1.80. The highest BCUT2D eigenvalue weighted by Crippen LogP contribution is 2.14. The molecule has 0 unspecified atom stereocenters. The van der Waals surface area contributed by atoms with Gasteiger partial charge in [-0.15, -0.1) is 0 Å². The molecule has 6 nitrogen and oxygen atoms in total. The molecule has 0 bridgehead atoms. The Bertz CT molecular complexity index is 693. The summed E-state index contributed by atoms with van der Waals surface area (Å²) in [6, 6.07) is 3.60. The quantitative estimate of drug-likeness (QED) is 0.834. The Labute approximate surface area is 123 Å². The standard InChI is InChI=1S/C15H17N5O/c1-11(2)20-14(5-7-18-20)19-15(21)13-8-12(4-3-6-16)9-17-10-13/h5,7-11H,6,16H2,1-2H3,(H,19,21). The highest BCUT2D eigenvalue weighted by atomic mass is 16.1. The third-order valence-electron chi connectivity index (χ3n) is 2.74. The van der Waals surface area contributed by atoms with E-state index in [1.165, 1.54) is 6.20 Å². The van der Waals surface area contributed by atoms with Crippen molar-refractivity contribution in [2.24, 2.45) is 5.73 Å². The summed E-state index contributed by atoms with van der Waals surface area (Å²) in [6.07, 6.45) is 4.74. The lowest BCUT2D eigenvalue weighted by molar-refractivity contribution is 0.102. The van der Waals surface area contributed by atoms with Gasteiger partial charge in [0.25, 0.3) is 5.91 Å². The maximum Gasteiger partial charge on any atom is 0.258 e. The van der Waals surface area contributed by atoms with E-state index in [0.717, 1.165) is 0 Å². The molecule has 0 aliphatic carbocycles. The average Bonchev–Trinajstić information content (AvgIpc) is 2.93. The monoisotopic (exact) mass is 283 g/mol. The maximum atomic E-state index is 12.2. The van der Waals surface area contributed by atoms with Gasteiger partial charge in [-0.05, 0) is 19.9 Å². The molecule has 0 radical (unpaired) electrons. The van der Waals surface area contributed by atoms with Crippen LogP contribution >= 0.6 is 0 Å². The number of anilines is 1. The number of aromatic nitrogens is 3. The van der Waals surface area contributed by atoms with Gasteiger partial charge in [-0.2, -0.15) is 5.10 Å². The molecule has 0 atom stereocenters. The van der Waals surface area contributed by atoms with Gasteiger partial charge >= 0.3 is 0 Å². The Morgan fingerprint density at radius 2 is 2.29 bits per heavy atom. The van der Waals surface area contributed by atoms with E-state index in [1.54, 1.807) is 29.2 Å². The first-order chi connectivity index (χ1) is 10.1. The number of nitrogens with zero attached hydrogens (tertiary/aromatic N) is 3. The van der Waals surface area contributed by atoms with E-state index in [2.05, 4.69) is 27.2 Å². The molecule has 0 spiro atoms. The molecule has 21 heavy (non-hydrogen) atoms. The zero-order valence-electron chi connectivity index (χ0n) is 12.0. The SMILES string of the molecule is CC(C)n1nccc1NC(=O)c1cncc(C#CCN)c1. The molecule has 2 aromatic heterocycles. The predicted molar refractivity (Wildman–Crippen MR) is 80.7 cm³/mol. The van der Waals surface area contributed by atoms with Crippen LogP contribution in [0.15, 0.2) is 30.7 Å². The van der Waals surface area contributed by atoms with Gasteiger partial charge in [0.05, 0.1) is 18.3 Å². The Morgan fingerprint density at radius 1 is 1.48 bits per heavy atom. The summed E-state index contributed by atoms with van der Waals surface area (Å²) in [7, 11) is 0. The van der Waals surface area contributed by atoms with Crippen molar-refractivity contribution in [2.75, 3.05) is 11.9 Å². The van der Waals surface area contributed by atoms with Gasteiger partial charge < -0.3 is 11.1 Å². The van der Waals surface area contributed by atoms with Gasteiger partial charge in [0.2, 0.25) is 0 Å². The molecular formula is C15H17N5O. The Balaban J connectivity index is 2.19. The van der Waals surface area contributed by atoms with E-state index in [0.29, 0.717) is 16.9 Å². The van der Waals surface area contributed by atoms with Gasteiger partial charge in [0, 0.05) is 30.1 Å². The number of hydrogen-bond acceptors (Lipinski definition) is 4. The number of rotatable bonds is 3. The van der Waals surface area contributed by atoms with Crippen molar-refractivity contribution in [3.63, 3.8) is 0 Å². The number of nitrogens with two attached hydrogens (primary N) is 1. The molecule has 0 saturated heterocycles. The second-order valence-electron chi connectivity index (χ2n) is 4.68. The first-order valence-electron chi connectivity index (χ1n) is 6.60. The number of hydrogen-bond donors (Lipinski definition) is 2. The molecule has 2 heterocycles. The van der Waals surface area contributed by atoms with E-state index in [-0.39, 0.29) is 18.5 Å². The molecule has 0 saturated carbocycles. The smallest absolute Gasteiger partial charge is 0.258 e. The molecule has 6 heteroatoms. The lowest BCUT2D eigenvalue weighted by Gasteiger charge is -2.11. The van der Waals surface area contributed by atoms with Crippen molar-refractivity contribution in [3.8, 4) is 11.8 Å². The molecule has 2 aromatic rings. The van der Waals surface area contributed by atoms with Crippen molar-refractivity contribution in [3.05, 3.63) is 41.9 Å². The van der Waals surface area contributed by atoms with Crippen LogP contribution in [0, 0.1) is 11.8 Å². The number of nitrogens with one attached hydrogen (secondary N) is 1. The minimum atomic E-state index is -0.249. The van der Waals surface area contributed by atoms with Gasteiger partial charge in [-0.3, -0.25) is 9.78 Å². The second kappa shape index (κ2) is 6.68. The lowest BCUT2D eigenvalue weighted by atomic mass is 10.2. The summed E-state index contributed by atoms with van der Waals surface area (Å²) in [5.41, 5.74) is 6.42. The van der Waals surface area contributed by atoms with E-state index in [1.807, 2.05) is 13.8 Å². The molecule has 0 aliphatic heterocycles. The van der Waals surface area contributed by atoms with Crippen LogP contribution in [0.5, 0.6) is 0 Å². The summed E-state index contributed by atoms with van der Waals surface area (Å²) in [5.74, 6) is 5.98. The first-order valence-corrected chi connectivity index (χ1v) is 6.60. The van der Waals surface area contributed by atoms with E-state index < -0.39 is 0 Å². The Hall–Kier alpha value is -2.65. The summed E-state index contributed by atoms with van der Waals surface area (Å²) < 4.78 is 1.74. The van der Waals surface area contributed by atoms with Gasteiger partial charge in [0.15, 0.2) is 0 Å². The van der Waals surface area contributed by atoms with Crippen molar-refractivity contribution in [2.45, 2.75) is 19.9 Å². The van der Waals surface area contributed by atoms with Gasteiger partial charge in [0.1, 0.15) is 5.82 Å². The zero-order chi connectivity index (χ0) is 15.2. The number of carbonyl (C=O) groups is 1. The normalized spacial score (nSPS) is 10.1. The van der Waals surface area contributed by atoms with Crippen LogP contribution in [0.2, 0.25) is 0 Å². The summed E-state index contributed by atoms with van der Waals surface area (Å²) in [4.78, 5) is 16.3. The predicted octanol–water partition coefficient (Wildman–Crippen LogP) is 1.42. The van der Waals surface area contributed by atoms with Crippen LogP contribution in [0.3, 0.4) is 0 Å². The van der Waals surface area contributed by atoms with Crippen LogP contribution in [0.25, 0.3) is 0 Å². The molecular weight excluding hydrogens is 266 g/mol. The molecule has 0 aromatic carbocycles. The summed E-state index contributed by atoms with van der Waals surface area (Å²) in [5, 5.41) is 6.99. The topological polar surface area (TPSA) is 85.8 Å². The highest BCUT2D eigenvalue weighted by molar-refractivity contribution is 6.03. The lowest BCUT2D eigenvalue weighted by Crippen LogP contribution is -2.17. The minimum Gasteiger partial charge on any atom is -0.320 e. The summed E-state index contributed by atoms with van der Waals surface area (Å²) in [6.45, 7) is 4.25. The molecule has 3 N–H and O–H groups in total. The average molecular weight is 283 g/mol. The fraction of sp³-hybridized carbons (Fsp3) is 0.267. The van der Waals surface area contributed by atoms with Crippen LogP contribution in [0.1, 0.15) is 35.8 Å². The third-order valence-corrected chi connectivity index (χ3v) is 2.74.